The topological polar surface area (TPSA) is 44.8 Å². The third-order valence-corrected chi connectivity index (χ3v) is 6.15. The van der Waals surface area contributed by atoms with E-state index in [1.54, 1.807) is 6.08 Å². The molecule has 28 heavy (non-hydrogen) atoms. The molecule has 0 aromatic carbocycles. The number of hydrogen-bond donors (Lipinski definition) is 1. The number of ether oxygens (including phenoxy) is 1. The molecule has 0 spiro atoms. The maximum Gasteiger partial charge on any atom is 0.410 e. The molecule has 0 radical (unpaired) electrons. The molecule has 1 unspecified atom stereocenters. The molecular formula is C22H32ClN3O2. The Morgan fingerprint density at radius 2 is 2.21 bits per heavy atom. The zero-order chi connectivity index (χ0) is 19.9. The lowest BCUT2D eigenvalue weighted by Gasteiger charge is -2.46. The highest BCUT2D eigenvalue weighted by Crippen LogP contribution is 2.26. The molecule has 1 aliphatic carbocycles. The summed E-state index contributed by atoms with van der Waals surface area (Å²) in [7, 11) is 0. The average Bonchev–Trinajstić information content (AvgIpc) is 2.71. The van der Waals surface area contributed by atoms with Crippen LogP contribution in [0.3, 0.4) is 0 Å². The molecular weight excluding hydrogens is 374 g/mol. The van der Waals surface area contributed by atoms with Gasteiger partial charge in [-0.05, 0) is 44.8 Å². The molecule has 6 heteroatoms. The van der Waals surface area contributed by atoms with Crippen LogP contribution in [0, 0.1) is 5.92 Å². The summed E-state index contributed by atoms with van der Waals surface area (Å²) in [5, 5.41) is 4.43. The number of nitrogens with one attached hydrogen (secondary N) is 1. The monoisotopic (exact) mass is 405 g/mol. The van der Waals surface area contributed by atoms with Gasteiger partial charge in [-0.25, -0.2) is 4.79 Å². The molecule has 0 aromatic heterocycles. The van der Waals surface area contributed by atoms with Crippen LogP contribution in [0.5, 0.6) is 0 Å². The van der Waals surface area contributed by atoms with Gasteiger partial charge in [-0.15, -0.1) is 5.73 Å². The molecule has 3 atom stereocenters. The Bertz CT molecular complexity index is 648. The first kappa shape index (κ1) is 21.2. The fourth-order valence-corrected chi connectivity index (χ4v) is 4.63. The van der Waals surface area contributed by atoms with Crippen LogP contribution in [0.25, 0.3) is 0 Å². The van der Waals surface area contributed by atoms with Crippen LogP contribution in [-0.4, -0.2) is 66.8 Å². The summed E-state index contributed by atoms with van der Waals surface area (Å²) in [5.41, 5.74) is 3.15. The molecule has 0 bridgehead atoms. The SMILES string of the molecule is C=CCOC(=O)N1CCC(N2C[C@H](C)NC[C@@H]2CCC2C=C=CC(Cl)=C2)CC1. The first-order chi connectivity index (χ1) is 13.6. The van der Waals surface area contributed by atoms with Gasteiger partial charge in [0.05, 0.1) is 0 Å². The molecule has 2 heterocycles. The number of hydrogen-bond acceptors (Lipinski definition) is 4. The average molecular weight is 406 g/mol. The Balaban J connectivity index is 1.53. The molecule has 5 nitrogen and oxygen atoms in total. The van der Waals surface area contributed by atoms with Gasteiger partial charge in [-0.1, -0.05) is 30.3 Å². The van der Waals surface area contributed by atoms with Crippen molar-refractivity contribution < 1.29 is 9.53 Å². The molecule has 2 aliphatic heterocycles. The van der Waals surface area contributed by atoms with Crippen LogP contribution in [0.2, 0.25) is 0 Å². The van der Waals surface area contributed by atoms with Gasteiger partial charge in [0.2, 0.25) is 0 Å². The predicted molar refractivity (Wildman–Crippen MR) is 113 cm³/mol. The first-order valence-corrected chi connectivity index (χ1v) is 10.8. The van der Waals surface area contributed by atoms with Crippen molar-refractivity contribution in [2.75, 3.05) is 32.8 Å². The minimum Gasteiger partial charge on any atom is -0.445 e. The van der Waals surface area contributed by atoms with Crippen molar-refractivity contribution in [1.82, 2.24) is 15.1 Å². The molecule has 3 aliphatic rings. The molecule has 1 amide bonds. The van der Waals surface area contributed by atoms with Gasteiger partial charge in [0.25, 0.3) is 0 Å². The minimum absolute atomic E-state index is 0.218. The van der Waals surface area contributed by atoms with Crippen LogP contribution in [0.1, 0.15) is 32.6 Å². The Labute approximate surface area is 173 Å². The largest absolute Gasteiger partial charge is 0.445 e. The van der Waals surface area contributed by atoms with Crippen molar-refractivity contribution in [3.05, 3.63) is 41.6 Å². The summed E-state index contributed by atoms with van der Waals surface area (Å²) in [6.07, 6.45) is 11.7. The van der Waals surface area contributed by atoms with E-state index in [1.807, 2.05) is 11.0 Å². The van der Waals surface area contributed by atoms with E-state index in [4.69, 9.17) is 16.3 Å². The second-order valence-corrected chi connectivity index (χ2v) is 8.45. The van der Waals surface area contributed by atoms with E-state index in [1.165, 1.54) is 0 Å². The lowest BCUT2D eigenvalue weighted by molar-refractivity contribution is 0.0360. The van der Waals surface area contributed by atoms with Gasteiger partial charge in [0.15, 0.2) is 0 Å². The van der Waals surface area contributed by atoms with Crippen molar-refractivity contribution in [3.8, 4) is 0 Å². The summed E-state index contributed by atoms with van der Waals surface area (Å²) in [4.78, 5) is 16.6. The van der Waals surface area contributed by atoms with Crippen molar-refractivity contribution >= 4 is 17.7 Å². The Morgan fingerprint density at radius 1 is 1.43 bits per heavy atom. The van der Waals surface area contributed by atoms with Gasteiger partial charge in [0.1, 0.15) is 6.61 Å². The standard InChI is InChI=1S/C22H32ClN3O2/c1-3-13-28-22(27)25-11-9-20(10-12-25)26-16-17(2)24-15-21(26)8-7-18-5-4-6-19(23)14-18/h3,5-6,14,17-18,20-21,24H,1,7-13,15-16H2,2H3/t17-,18?,21-/m0/s1. The number of carbonyl (C=O) groups excluding carboxylic acids is 1. The Kier molecular flexibility index (Phi) is 7.81. The minimum atomic E-state index is -0.218. The van der Waals surface area contributed by atoms with Crippen LogP contribution >= 0.6 is 11.6 Å². The van der Waals surface area contributed by atoms with Crippen molar-refractivity contribution in [3.63, 3.8) is 0 Å². The molecule has 0 saturated carbocycles. The maximum absolute atomic E-state index is 12.1. The fraction of sp³-hybridized carbons (Fsp3) is 0.636. The molecule has 2 fully saturated rings. The Morgan fingerprint density at radius 3 is 2.93 bits per heavy atom. The summed E-state index contributed by atoms with van der Waals surface area (Å²) in [6, 6.07) is 1.55. The van der Waals surface area contributed by atoms with E-state index >= 15 is 0 Å². The Hall–Kier alpha value is -1.52. The second kappa shape index (κ2) is 10.3. The van der Waals surface area contributed by atoms with E-state index in [2.05, 4.69) is 41.6 Å². The maximum atomic E-state index is 12.1. The summed E-state index contributed by atoms with van der Waals surface area (Å²) in [6.45, 7) is 9.74. The number of carbonyl (C=O) groups is 1. The lowest BCUT2D eigenvalue weighted by atomic mass is 9.92. The summed E-state index contributed by atoms with van der Waals surface area (Å²) < 4.78 is 5.18. The predicted octanol–water partition coefficient (Wildman–Crippen LogP) is 3.68. The number of nitrogens with zero attached hydrogens (tertiary/aromatic N) is 2. The highest BCUT2D eigenvalue weighted by Gasteiger charge is 2.34. The second-order valence-electron chi connectivity index (χ2n) is 8.01. The van der Waals surface area contributed by atoms with E-state index in [0.29, 0.717) is 24.0 Å². The number of piperazine rings is 1. The first-order valence-electron chi connectivity index (χ1n) is 10.4. The third kappa shape index (κ3) is 5.74. The van der Waals surface area contributed by atoms with Crippen LogP contribution in [0.4, 0.5) is 4.79 Å². The number of rotatable bonds is 6. The number of amides is 1. The van der Waals surface area contributed by atoms with E-state index < -0.39 is 0 Å². The molecule has 1 N–H and O–H groups in total. The van der Waals surface area contributed by atoms with Crippen molar-refractivity contribution in [1.29, 1.82) is 0 Å². The van der Waals surface area contributed by atoms with Gasteiger partial charge < -0.3 is 15.0 Å². The van der Waals surface area contributed by atoms with Crippen molar-refractivity contribution in [2.45, 2.75) is 50.7 Å². The van der Waals surface area contributed by atoms with Crippen LogP contribution in [-0.2, 0) is 4.74 Å². The fourth-order valence-electron chi connectivity index (χ4n) is 4.40. The van der Waals surface area contributed by atoms with E-state index in [-0.39, 0.29) is 12.7 Å². The van der Waals surface area contributed by atoms with Gasteiger partial charge in [-0.2, -0.15) is 0 Å². The normalized spacial score (nSPS) is 28.9. The molecule has 154 valence electrons. The van der Waals surface area contributed by atoms with Gasteiger partial charge in [0, 0.05) is 55.3 Å². The van der Waals surface area contributed by atoms with Crippen LogP contribution < -0.4 is 5.32 Å². The van der Waals surface area contributed by atoms with Crippen molar-refractivity contribution in [2.24, 2.45) is 5.92 Å². The molecule has 3 rings (SSSR count). The van der Waals surface area contributed by atoms with Gasteiger partial charge >= 0.3 is 6.09 Å². The number of allylic oxidation sites excluding steroid dienone is 3. The number of piperidine rings is 1. The number of likely N-dealkylation sites (tertiary alicyclic amines) is 1. The molecule has 0 aromatic rings. The van der Waals surface area contributed by atoms with E-state index in [9.17, 15) is 4.79 Å². The quantitative estimate of drug-likeness (QED) is 0.540. The van der Waals surface area contributed by atoms with Gasteiger partial charge in [-0.3, -0.25) is 4.90 Å². The van der Waals surface area contributed by atoms with E-state index in [0.717, 1.165) is 56.9 Å². The number of halogens is 1. The smallest absolute Gasteiger partial charge is 0.410 e. The highest BCUT2D eigenvalue weighted by atomic mass is 35.5. The summed E-state index contributed by atoms with van der Waals surface area (Å²) >= 11 is 6.13. The highest BCUT2D eigenvalue weighted by molar-refractivity contribution is 6.31. The summed E-state index contributed by atoms with van der Waals surface area (Å²) in [5.74, 6) is 0.375. The third-order valence-electron chi connectivity index (χ3n) is 5.91. The lowest BCUT2D eigenvalue weighted by Crippen LogP contribution is -2.60. The zero-order valence-corrected chi connectivity index (χ0v) is 17.5. The molecule has 2 saturated heterocycles. The van der Waals surface area contributed by atoms with Crippen LogP contribution in [0.15, 0.2) is 41.6 Å². The zero-order valence-electron chi connectivity index (χ0n) is 16.8.